The summed E-state index contributed by atoms with van der Waals surface area (Å²) >= 11 is 3.28. The quantitative estimate of drug-likeness (QED) is 0.813. The lowest BCUT2D eigenvalue weighted by molar-refractivity contribution is 0.331. The smallest absolute Gasteiger partial charge is 0.244 e. The molecule has 8 heteroatoms. The number of rotatable bonds is 6. The van der Waals surface area contributed by atoms with Gasteiger partial charge in [-0.2, -0.15) is 5.10 Å². The molecule has 0 saturated heterocycles. The fourth-order valence-electron chi connectivity index (χ4n) is 1.77. The molecule has 114 valence electrons. The zero-order chi connectivity index (χ0) is 15.5. The molecule has 2 aromatic rings. The highest BCUT2D eigenvalue weighted by molar-refractivity contribution is 9.10. The summed E-state index contributed by atoms with van der Waals surface area (Å²) in [5, 5.41) is 6.63. The zero-order valence-corrected chi connectivity index (χ0v) is 14.1. The van der Waals surface area contributed by atoms with E-state index in [4.69, 9.17) is 4.74 Å². The van der Waals surface area contributed by atoms with Gasteiger partial charge in [0.15, 0.2) is 0 Å². The number of sulfonamides is 1. The number of halogens is 1. The first-order chi connectivity index (χ1) is 9.94. The van der Waals surface area contributed by atoms with Gasteiger partial charge in [-0.1, -0.05) is 15.9 Å². The topological polar surface area (TPSA) is 84.1 Å². The Bertz CT molecular complexity index is 728. The molecule has 0 unspecified atom stereocenters. The third kappa shape index (κ3) is 3.84. The van der Waals surface area contributed by atoms with Gasteiger partial charge in [-0.15, -0.1) is 0 Å². The number of aryl methyl sites for hydroxylation is 1. The molecule has 1 heterocycles. The molecule has 0 fully saturated rings. The Labute approximate surface area is 132 Å². The van der Waals surface area contributed by atoms with Gasteiger partial charge >= 0.3 is 0 Å². The summed E-state index contributed by atoms with van der Waals surface area (Å²) in [7, 11) is -3.68. The van der Waals surface area contributed by atoms with Crippen molar-refractivity contribution in [1.29, 1.82) is 0 Å². The number of aromatic amines is 1. The highest BCUT2D eigenvalue weighted by Gasteiger charge is 2.20. The molecule has 0 saturated carbocycles. The number of nitrogens with zero attached hydrogens (tertiary/aromatic N) is 1. The maximum absolute atomic E-state index is 12.4. The number of H-pyrrole nitrogens is 1. The highest BCUT2D eigenvalue weighted by Crippen LogP contribution is 2.27. The number of hydrogen-bond donors (Lipinski definition) is 2. The van der Waals surface area contributed by atoms with Gasteiger partial charge in [0.1, 0.15) is 10.6 Å². The van der Waals surface area contributed by atoms with E-state index >= 15 is 0 Å². The van der Waals surface area contributed by atoms with E-state index in [0.29, 0.717) is 16.8 Å². The van der Waals surface area contributed by atoms with E-state index in [0.717, 1.165) is 11.3 Å². The maximum Gasteiger partial charge on any atom is 0.244 e. The minimum absolute atomic E-state index is 0.111. The fourth-order valence-corrected chi connectivity index (χ4v) is 3.46. The number of hydrogen-bond acceptors (Lipinski definition) is 4. The van der Waals surface area contributed by atoms with Gasteiger partial charge in [0.2, 0.25) is 10.0 Å². The average Bonchev–Trinajstić information content (AvgIpc) is 2.84. The molecule has 0 atom stereocenters. The molecule has 6 nitrogen and oxygen atoms in total. The molecule has 0 bridgehead atoms. The van der Waals surface area contributed by atoms with E-state index in [9.17, 15) is 8.42 Å². The Morgan fingerprint density at radius 3 is 2.81 bits per heavy atom. The number of benzene rings is 1. The molecule has 1 aromatic carbocycles. The Morgan fingerprint density at radius 1 is 1.43 bits per heavy atom. The summed E-state index contributed by atoms with van der Waals surface area (Å²) in [6, 6.07) is 4.89. The lowest BCUT2D eigenvalue weighted by Gasteiger charge is -2.12. The molecule has 0 amide bonds. The van der Waals surface area contributed by atoms with Gasteiger partial charge in [-0.3, -0.25) is 5.10 Å². The molecule has 1 aromatic heterocycles. The molecule has 0 aliphatic heterocycles. The third-order valence-corrected chi connectivity index (χ3v) is 4.80. The molecular formula is C13H16BrN3O3S. The van der Waals surface area contributed by atoms with Crippen LogP contribution in [0.2, 0.25) is 0 Å². The Morgan fingerprint density at radius 2 is 2.19 bits per heavy atom. The molecule has 0 aliphatic carbocycles. The van der Waals surface area contributed by atoms with Gasteiger partial charge in [0.25, 0.3) is 0 Å². The highest BCUT2D eigenvalue weighted by atomic mass is 79.9. The van der Waals surface area contributed by atoms with Crippen LogP contribution in [0, 0.1) is 6.92 Å². The first-order valence-corrected chi connectivity index (χ1v) is 8.62. The van der Waals surface area contributed by atoms with Crippen molar-refractivity contribution in [1.82, 2.24) is 14.9 Å². The van der Waals surface area contributed by atoms with Crippen LogP contribution in [-0.2, 0) is 16.6 Å². The summed E-state index contributed by atoms with van der Waals surface area (Å²) in [6.07, 6.45) is 1.60. The van der Waals surface area contributed by atoms with Crippen LogP contribution >= 0.6 is 15.9 Å². The van der Waals surface area contributed by atoms with Crippen molar-refractivity contribution < 1.29 is 13.2 Å². The first-order valence-electron chi connectivity index (χ1n) is 6.35. The van der Waals surface area contributed by atoms with Crippen LogP contribution in [0.15, 0.2) is 33.8 Å². The Kier molecular flexibility index (Phi) is 5.02. The van der Waals surface area contributed by atoms with Gasteiger partial charge in [-0.25, -0.2) is 13.1 Å². The second-order valence-corrected chi connectivity index (χ2v) is 7.02. The van der Waals surface area contributed by atoms with E-state index in [1.165, 1.54) is 6.07 Å². The second-order valence-electron chi connectivity index (χ2n) is 4.37. The van der Waals surface area contributed by atoms with Crippen molar-refractivity contribution >= 4 is 26.0 Å². The van der Waals surface area contributed by atoms with Crippen LogP contribution < -0.4 is 9.46 Å². The standard InChI is InChI=1S/C13H16BrN3O3S/c1-3-20-12-5-4-11(14)6-13(12)21(18,19)16-8-10-7-15-17-9(10)2/h4-7,16H,3,8H2,1-2H3,(H,15,17). The van der Waals surface area contributed by atoms with Gasteiger partial charge in [-0.05, 0) is 32.0 Å². The van der Waals surface area contributed by atoms with Crippen molar-refractivity contribution in [3.63, 3.8) is 0 Å². The third-order valence-electron chi connectivity index (χ3n) is 2.88. The summed E-state index contributed by atoms with van der Waals surface area (Å²) in [5.74, 6) is 0.331. The van der Waals surface area contributed by atoms with Crippen molar-refractivity contribution in [2.75, 3.05) is 6.61 Å². The number of ether oxygens (including phenoxy) is 1. The van der Waals surface area contributed by atoms with Crippen LogP contribution in [0.3, 0.4) is 0 Å². The van der Waals surface area contributed by atoms with E-state index < -0.39 is 10.0 Å². The predicted octanol–water partition coefficient (Wildman–Crippen LogP) is 2.36. The monoisotopic (exact) mass is 373 g/mol. The Hall–Kier alpha value is -1.38. The largest absolute Gasteiger partial charge is 0.492 e. The lowest BCUT2D eigenvalue weighted by Crippen LogP contribution is -2.24. The summed E-state index contributed by atoms with van der Waals surface area (Å²) < 4.78 is 33.5. The normalized spacial score (nSPS) is 11.6. The minimum Gasteiger partial charge on any atom is -0.492 e. The molecule has 21 heavy (non-hydrogen) atoms. The van der Waals surface area contributed by atoms with Crippen molar-refractivity contribution in [3.8, 4) is 5.75 Å². The van der Waals surface area contributed by atoms with Crippen molar-refractivity contribution in [3.05, 3.63) is 40.1 Å². The zero-order valence-electron chi connectivity index (χ0n) is 11.7. The van der Waals surface area contributed by atoms with E-state index in [1.807, 2.05) is 6.92 Å². The Balaban J connectivity index is 2.26. The van der Waals surface area contributed by atoms with Gasteiger partial charge in [0, 0.05) is 22.3 Å². The van der Waals surface area contributed by atoms with Crippen LogP contribution in [0.1, 0.15) is 18.2 Å². The summed E-state index contributed by atoms with van der Waals surface area (Å²) in [5.41, 5.74) is 1.63. The molecule has 0 spiro atoms. The minimum atomic E-state index is -3.68. The van der Waals surface area contributed by atoms with E-state index in [-0.39, 0.29) is 11.4 Å². The summed E-state index contributed by atoms with van der Waals surface area (Å²) in [4.78, 5) is 0.111. The fraction of sp³-hybridized carbons (Fsp3) is 0.308. The SMILES string of the molecule is CCOc1ccc(Br)cc1S(=O)(=O)NCc1cn[nH]c1C. The van der Waals surface area contributed by atoms with Crippen molar-refractivity contribution in [2.24, 2.45) is 0 Å². The molecule has 2 N–H and O–H groups in total. The molecule has 2 rings (SSSR count). The van der Waals surface area contributed by atoms with Crippen LogP contribution in [-0.4, -0.2) is 25.2 Å². The second kappa shape index (κ2) is 6.59. The number of aromatic nitrogens is 2. The first kappa shape index (κ1) is 16.0. The van der Waals surface area contributed by atoms with Crippen LogP contribution in [0.4, 0.5) is 0 Å². The number of nitrogens with one attached hydrogen (secondary N) is 2. The molecule has 0 radical (unpaired) electrons. The van der Waals surface area contributed by atoms with Gasteiger partial charge < -0.3 is 4.74 Å². The van der Waals surface area contributed by atoms with Crippen LogP contribution in [0.5, 0.6) is 5.75 Å². The predicted molar refractivity (Wildman–Crippen MR) is 82.7 cm³/mol. The van der Waals surface area contributed by atoms with E-state index in [2.05, 4.69) is 30.8 Å². The van der Waals surface area contributed by atoms with Crippen LogP contribution in [0.25, 0.3) is 0 Å². The molecular weight excluding hydrogens is 358 g/mol. The maximum atomic E-state index is 12.4. The van der Waals surface area contributed by atoms with E-state index in [1.54, 1.807) is 25.3 Å². The van der Waals surface area contributed by atoms with Gasteiger partial charge in [0.05, 0.1) is 12.8 Å². The molecule has 0 aliphatic rings. The van der Waals surface area contributed by atoms with Crippen molar-refractivity contribution in [2.45, 2.75) is 25.3 Å². The average molecular weight is 374 g/mol. The summed E-state index contributed by atoms with van der Waals surface area (Å²) in [6.45, 7) is 4.20. The lowest BCUT2D eigenvalue weighted by atomic mass is 10.3.